The molecule has 1 aromatic heterocycles. The summed E-state index contributed by atoms with van der Waals surface area (Å²) in [7, 11) is 0. The van der Waals surface area contributed by atoms with Gasteiger partial charge in [0.1, 0.15) is 18.2 Å². The van der Waals surface area contributed by atoms with Crippen molar-refractivity contribution in [2.45, 2.75) is 33.3 Å². The maximum atomic E-state index is 5.87. The third kappa shape index (κ3) is 3.98. The molecule has 2 rings (SSSR count). The highest BCUT2D eigenvalue weighted by molar-refractivity contribution is 5.36. The molecule has 0 aliphatic carbocycles. The highest BCUT2D eigenvalue weighted by Gasteiger charge is 2.02. The Hall–Kier alpha value is -2.03. The van der Waals surface area contributed by atoms with Gasteiger partial charge in [-0.3, -0.25) is 0 Å². The van der Waals surface area contributed by atoms with Crippen molar-refractivity contribution in [2.75, 3.05) is 11.9 Å². The van der Waals surface area contributed by atoms with E-state index in [0.717, 1.165) is 36.5 Å². The second-order valence-electron chi connectivity index (χ2n) is 4.73. The standard InChI is InChI=1S/C17H22N2O/c1-3-11-18-17-10-9-14(12-19-17)13-20-16-8-6-5-7-15(16)4-2/h5-10,12H,3-4,11,13H2,1-2H3,(H,18,19). The summed E-state index contributed by atoms with van der Waals surface area (Å²) in [4.78, 5) is 4.38. The van der Waals surface area contributed by atoms with Crippen LogP contribution in [-0.2, 0) is 13.0 Å². The molecule has 2 aromatic rings. The first-order valence-electron chi connectivity index (χ1n) is 7.23. The molecule has 0 aliphatic rings. The summed E-state index contributed by atoms with van der Waals surface area (Å²) in [6, 6.07) is 12.2. The van der Waals surface area contributed by atoms with E-state index in [1.807, 2.05) is 30.5 Å². The normalized spacial score (nSPS) is 10.3. The molecule has 0 fully saturated rings. The maximum absolute atomic E-state index is 5.87. The number of ether oxygens (including phenoxy) is 1. The van der Waals surface area contributed by atoms with E-state index in [9.17, 15) is 0 Å². The second kappa shape index (κ2) is 7.53. The number of hydrogen-bond acceptors (Lipinski definition) is 3. The van der Waals surface area contributed by atoms with Crippen LogP contribution in [0.4, 0.5) is 5.82 Å². The van der Waals surface area contributed by atoms with Gasteiger partial charge in [-0.1, -0.05) is 38.1 Å². The van der Waals surface area contributed by atoms with Gasteiger partial charge < -0.3 is 10.1 Å². The maximum Gasteiger partial charge on any atom is 0.125 e. The van der Waals surface area contributed by atoms with Crippen LogP contribution in [0, 0.1) is 0 Å². The lowest BCUT2D eigenvalue weighted by molar-refractivity contribution is 0.303. The summed E-state index contributed by atoms with van der Waals surface area (Å²) in [5, 5.41) is 3.26. The van der Waals surface area contributed by atoms with E-state index in [0.29, 0.717) is 6.61 Å². The Morgan fingerprint density at radius 3 is 2.65 bits per heavy atom. The average molecular weight is 270 g/mol. The van der Waals surface area contributed by atoms with Gasteiger partial charge in [0.15, 0.2) is 0 Å². The van der Waals surface area contributed by atoms with E-state index in [1.54, 1.807) is 0 Å². The van der Waals surface area contributed by atoms with E-state index in [1.165, 1.54) is 5.56 Å². The van der Waals surface area contributed by atoms with E-state index >= 15 is 0 Å². The zero-order valence-electron chi connectivity index (χ0n) is 12.2. The Morgan fingerprint density at radius 2 is 1.95 bits per heavy atom. The first kappa shape index (κ1) is 14.4. The molecule has 1 aromatic carbocycles. The Labute approximate surface area is 121 Å². The van der Waals surface area contributed by atoms with Crippen LogP contribution in [0.5, 0.6) is 5.75 Å². The zero-order valence-corrected chi connectivity index (χ0v) is 12.2. The van der Waals surface area contributed by atoms with Crippen LogP contribution in [0.25, 0.3) is 0 Å². The van der Waals surface area contributed by atoms with Crippen molar-refractivity contribution in [1.82, 2.24) is 4.98 Å². The van der Waals surface area contributed by atoms with Gasteiger partial charge in [-0.25, -0.2) is 4.98 Å². The van der Waals surface area contributed by atoms with Crippen LogP contribution in [-0.4, -0.2) is 11.5 Å². The van der Waals surface area contributed by atoms with Gasteiger partial charge in [0.2, 0.25) is 0 Å². The molecule has 1 N–H and O–H groups in total. The van der Waals surface area contributed by atoms with Gasteiger partial charge in [-0.15, -0.1) is 0 Å². The number of anilines is 1. The predicted molar refractivity (Wildman–Crippen MR) is 83.2 cm³/mol. The summed E-state index contributed by atoms with van der Waals surface area (Å²) >= 11 is 0. The van der Waals surface area contributed by atoms with Gasteiger partial charge in [0, 0.05) is 18.3 Å². The van der Waals surface area contributed by atoms with Crippen LogP contribution in [0.15, 0.2) is 42.6 Å². The van der Waals surface area contributed by atoms with Crippen molar-refractivity contribution in [3.8, 4) is 5.75 Å². The lowest BCUT2D eigenvalue weighted by Gasteiger charge is -2.10. The van der Waals surface area contributed by atoms with Gasteiger partial charge in [-0.2, -0.15) is 0 Å². The van der Waals surface area contributed by atoms with Gasteiger partial charge in [-0.05, 0) is 30.5 Å². The molecular weight excluding hydrogens is 248 g/mol. The topological polar surface area (TPSA) is 34.1 Å². The third-order valence-corrected chi connectivity index (χ3v) is 3.13. The molecule has 0 saturated carbocycles. The Morgan fingerprint density at radius 1 is 1.10 bits per heavy atom. The van der Waals surface area contributed by atoms with Crippen molar-refractivity contribution in [1.29, 1.82) is 0 Å². The number of nitrogens with zero attached hydrogens (tertiary/aromatic N) is 1. The summed E-state index contributed by atoms with van der Waals surface area (Å²) in [5.41, 5.74) is 2.32. The molecular formula is C17H22N2O. The van der Waals surface area contributed by atoms with Gasteiger partial charge in [0.25, 0.3) is 0 Å². The van der Waals surface area contributed by atoms with Crippen molar-refractivity contribution in [3.05, 3.63) is 53.7 Å². The smallest absolute Gasteiger partial charge is 0.125 e. The molecule has 0 spiro atoms. The minimum absolute atomic E-state index is 0.554. The first-order chi connectivity index (χ1) is 9.83. The molecule has 0 saturated heterocycles. The largest absolute Gasteiger partial charge is 0.489 e. The lowest BCUT2D eigenvalue weighted by atomic mass is 10.1. The molecule has 0 atom stereocenters. The third-order valence-electron chi connectivity index (χ3n) is 3.13. The summed E-state index contributed by atoms with van der Waals surface area (Å²) in [6.45, 7) is 5.78. The number of benzene rings is 1. The van der Waals surface area contributed by atoms with Gasteiger partial charge >= 0.3 is 0 Å². The molecule has 0 amide bonds. The minimum atomic E-state index is 0.554. The zero-order chi connectivity index (χ0) is 14.2. The summed E-state index contributed by atoms with van der Waals surface area (Å²) in [6.07, 6.45) is 3.95. The quantitative estimate of drug-likeness (QED) is 0.824. The number of para-hydroxylation sites is 1. The van der Waals surface area contributed by atoms with Crippen LogP contribution in [0.2, 0.25) is 0 Å². The average Bonchev–Trinajstić information content (AvgIpc) is 2.52. The first-order valence-corrected chi connectivity index (χ1v) is 7.23. The second-order valence-corrected chi connectivity index (χ2v) is 4.73. The molecule has 1 heterocycles. The fourth-order valence-corrected chi connectivity index (χ4v) is 1.97. The Bertz CT molecular complexity index is 523. The molecule has 0 bridgehead atoms. The number of nitrogens with one attached hydrogen (secondary N) is 1. The van der Waals surface area contributed by atoms with E-state index in [4.69, 9.17) is 4.74 Å². The summed E-state index contributed by atoms with van der Waals surface area (Å²) < 4.78 is 5.87. The predicted octanol–water partition coefficient (Wildman–Crippen LogP) is 4.04. The molecule has 0 aliphatic heterocycles. The fourth-order valence-electron chi connectivity index (χ4n) is 1.97. The number of aromatic nitrogens is 1. The molecule has 0 radical (unpaired) electrons. The van der Waals surface area contributed by atoms with Crippen LogP contribution < -0.4 is 10.1 Å². The Kier molecular flexibility index (Phi) is 5.42. The SMILES string of the molecule is CCCNc1ccc(COc2ccccc2CC)cn1. The number of pyridine rings is 1. The van der Waals surface area contributed by atoms with E-state index < -0.39 is 0 Å². The lowest BCUT2D eigenvalue weighted by Crippen LogP contribution is -2.03. The molecule has 3 heteroatoms. The van der Waals surface area contributed by atoms with Crippen molar-refractivity contribution in [3.63, 3.8) is 0 Å². The van der Waals surface area contributed by atoms with Crippen LogP contribution in [0.3, 0.4) is 0 Å². The monoisotopic (exact) mass is 270 g/mol. The molecule has 3 nitrogen and oxygen atoms in total. The summed E-state index contributed by atoms with van der Waals surface area (Å²) in [5.74, 6) is 1.88. The van der Waals surface area contributed by atoms with Crippen LogP contribution >= 0.6 is 0 Å². The molecule has 106 valence electrons. The highest BCUT2D eigenvalue weighted by Crippen LogP contribution is 2.19. The highest BCUT2D eigenvalue weighted by atomic mass is 16.5. The number of rotatable bonds is 7. The van der Waals surface area contributed by atoms with Gasteiger partial charge in [0.05, 0.1) is 0 Å². The van der Waals surface area contributed by atoms with Crippen molar-refractivity contribution < 1.29 is 4.74 Å². The van der Waals surface area contributed by atoms with Crippen LogP contribution in [0.1, 0.15) is 31.4 Å². The Balaban J connectivity index is 1.93. The van der Waals surface area contributed by atoms with E-state index in [2.05, 4.69) is 36.3 Å². The number of aryl methyl sites for hydroxylation is 1. The molecule has 20 heavy (non-hydrogen) atoms. The fraction of sp³-hybridized carbons (Fsp3) is 0.353. The van der Waals surface area contributed by atoms with Crippen molar-refractivity contribution in [2.24, 2.45) is 0 Å². The molecule has 0 unspecified atom stereocenters. The minimum Gasteiger partial charge on any atom is -0.489 e. The van der Waals surface area contributed by atoms with Crippen molar-refractivity contribution >= 4 is 5.82 Å². The number of hydrogen-bond donors (Lipinski definition) is 1. The van der Waals surface area contributed by atoms with E-state index in [-0.39, 0.29) is 0 Å².